The second-order valence-electron chi connectivity index (χ2n) is 6.76. The van der Waals surface area contributed by atoms with Crippen molar-refractivity contribution in [2.45, 2.75) is 26.5 Å². The summed E-state index contributed by atoms with van der Waals surface area (Å²) in [7, 11) is 0. The van der Waals surface area contributed by atoms with Gasteiger partial charge in [-0.3, -0.25) is 34.4 Å². The molecule has 1 aromatic heterocycles. The quantitative estimate of drug-likeness (QED) is 0.344. The summed E-state index contributed by atoms with van der Waals surface area (Å²) in [5, 5.41) is 22.5. The maximum atomic E-state index is 13.2. The van der Waals surface area contributed by atoms with Crippen molar-refractivity contribution in [1.82, 2.24) is 4.57 Å². The van der Waals surface area contributed by atoms with Gasteiger partial charge in [-0.1, -0.05) is 6.07 Å². The molecule has 0 saturated heterocycles. The number of pyridine rings is 1. The molecule has 0 spiro atoms. The number of nitrogens with zero attached hydrogens (tertiary/aromatic N) is 3. The molecule has 0 saturated carbocycles. The second-order valence-corrected chi connectivity index (χ2v) is 6.76. The van der Waals surface area contributed by atoms with Crippen LogP contribution in [0.15, 0.2) is 53.3 Å². The second kappa shape index (κ2) is 8.11. The molecular weight excluding hydrogens is 394 g/mol. The molecule has 2 aromatic carbocycles. The van der Waals surface area contributed by atoms with Gasteiger partial charge in [0.15, 0.2) is 0 Å². The largest absolute Gasteiger partial charge is 0.462 e. The smallest absolute Gasteiger partial charge is 0.326 e. The third kappa shape index (κ3) is 4.02. The first-order valence-electron chi connectivity index (χ1n) is 8.94. The summed E-state index contributed by atoms with van der Waals surface area (Å²) in [5.74, 6) is -0.666. The Hall–Kier alpha value is -4.08. The van der Waals surface area contributed by atoms with Crippen LogP contribution in [0, 0.1) is 20.2 Å². The summed E-state index contributed by atoms with van der Waals surface area (Å²) in [4.78, 5) is 46.6. The van der Waals surface area contributed by atoms with Crippen molar-refractivity contribution >= 4 is 28.2 Å². The summed E-state index contributed by atoms with van der Waals surface area (Å²) in [5.41, 5.74) is -0.355. The summed E-state index contributed by atoms with van der Waals surface area (Å²) >= 11 is 0. The van der Waals surface area contributed by atoms with Crippen LogP contribution in [0.1, 0.15) is 13.8 Å². The molecule has 1 heterocycles. The Bertz CT molecular complexity index is 1210. The first-order valence-corrected chi connectivity index (χ1v) is 8.94. The van der Waals surface area contributed by atoms with Gasteiger partial charge < -0.3 is 4.74 Å². The lowest BCUT2D eigenvalue weighted by molar-refractivity contribution is -0.384. The lowest BCUT2D eigenvalue weighted by Gasteiger charge is -2.14. The van der Waals surface area contributed by atoms with Crippen LogP contribution in [0.25, 0.3) is 22.0 Å². The van der Waals surface area contributed by atoms with Crippen molar-refractivity contribution in [3.8, 4) is 11.1 Å². The Morgan fingerprint density at radius 3 is 2.30 bits per heavy atom. The van der Waals surface area contributed by atoms with Crippen LogP contribution >= 0.6 is 0 Å². The zero-order valence-corrected chi connectivity index (χ0v) is 16.1. The van der Waals surface area contributed by atoms with Gasteiger partial charge >= 0.3 is 5.97 Å². The van der Waals surface area contributed by atoms with Crippen molar-refractivity contribution in [1.29, 1.82) is 0 Å². The van der Waals surface area contributed by atoms with Gasteiger partial charge in [0.05, 0.1) is 26.9 Å². The highest BCUT2D eigenvalue weighted by Crippen LogP contribution is 2.29. The van der Waals surface area contributed by atoms with Crippen molar-refractivity contribution in [3.63, 3.8) is 0 Å². The average molecular weight is 411 g/mol. The van der Waals surface area contributed by atoms with Gasteiger partial charge in [-0.15, -0.1) is 0 Å². The monoisotopic (exact) mass is 411 g/mol. The number of fused-ring (bicyclic) bond motifs is 1. The fourth-order valence-electron chi connectivity index (χ4n) is 3.10. The predicted molar refractivity (Wildman–Crippen MR) is 108 cm³/mol. The van der Waals surface area contributed by atoms with E-state index in [2.05, 4.69) is 0 Å². The van der Waals surface area contributed by atoms with Crippen molar-refractivity contribution in [3.05, 3.63) is 79.1 Å². The van der Waals surface area contributed by atoms with Gasteiger partial charge in [-0.25, -0.2) is 0 Å². The molecular formula is C20H17N3O7. The van der Waals surface area contributed by atoms with E-state index in [0.29, 0.717) is 5.56 Å². The zero-order valence-electron chi connectivity index (χ0n) is 16.1. The molecule has 10 nitrogen and oxygen atoms in total. The maximum Gasteiger partial charge on any atom is 0.326 e. The van der Waals surface area contributed by atoms with Gasteiger partial charge in [0.25, 0.3) is 16.9 Å². The molecule has 0 aliphatic carbocycles. The molecule has 30 heavy (non-hydrogen) atoms. The van der Waals surface area contributed by atoms with Crippen LogP contribution in [0.4, 0.5) is 11.4 Å². The normalized spacial score (nSPS) is 10.9. The first-order chi connectivity index (χ1) is 14.2. The molecule has 0 radical (unpaired) electrons. The molecule has 0 atom stereocenters. The highest BCUT2D eigenvalue weighted by atomic mass is 16.6. The molecule has 0 N–H and O–H groups in total. The van der Waals surface area contributed by atoms with E-state index >= 15 is 0 Å². The molecule has 0 aliphatic rings. The van der Waals surface area contributed by atoms with Crippen LogP contribution in [0.3, 0.4) is 0 Å². The Morgan fingerprint density at radius 2 is 1.73 bits per heavy atom. The topological polar surface area (TPSA) is 135 Å². The highest BCUT2D eigenvalue weighted by Gasteiger charge is 2.20. The lowest BCUT2D eigenvalue weighted by atomic mass is 10.0. The summed E-state index contributed by atoms with van der Waals surface area (Å²) in [6.07, 6.45) is -0.397. The van der Waals surface area contributed by atoms with E-state index in [1.54, 1.807) is 13.8 Å². The fourth-order valence-corrected chi connectivity index (χ4v) is 3.10. The number of hydrogen-bond donors (Lipinski definition) is 0. The van der Waals surface area contributed by atoms with E-state index in [1.807, 2.05) is 0 Å². The van der Waals surface area contributed by atoms with Gasteiger partial charge in [0.1, 0.15) is 6.54 Å². The Labute approximate surface area is 169 Å². The van der Waals surface area contributed by atoms with Crippen LogP contribution in [0.5, 0.6) is 0 Å². The minimum atomic E-state index is -0.666. The number of benzene rings is 2. The van der Waals surface area contributed by atoms with Crippen molar-refractivity contribution in [2.75, 3.05) is 0 Å². The number of hydrogen-bond acceptors (Lipinski definition) is 7. The number of carbonyl (C=O) groups excluding carboxylic acids is 1. The Balaban J connectivity index is 2.27. The van der Waals surface area contributed by atoms with E-state index in [4.69, 9.17) is 4.74 Å². The van der Waals surface area contributed by atoms with E-state index in [9.17, 15) is 29.8 Å². The van der Waals surface area contributed by atoms with Crippen molar-refractivity contribution in [2.24, 2.45) is 0 Å². The van der Waals surface area contributed by atoms with Gasteiger partial charge in [0.2, 0.25) is 0 Å². The summed E-state index contributed by atoms with van der Waals surface area (Å²) in [6, 6.07) is 10.8. The van der Waals surface area contributed by atoms with Gasteiger partial charge in [0, 0.05) is 23.8 Å². The summed E-state index contributed by atoms with van der Waals surface area (Å²) in [6.45, 7) is 2.89. The Kier molecular flexibility index (Phi) is 5.58. The third-order valence-electron chi connectivity index (χ3n) is 4.36. The summed E-state index contributed by atoms with van der Waals surface area (Å²) < 4.78 is 6.23. The van der Waals surface area contributed by atoms with Crippen LogP contribution in [-0.2, 0) is 16.1 Å². The van der Waals surface area contributed by atoms with Crippen LogP contribution < -0.4 is 5.56 Å². The lowest BCUT2D eigenvalue weighted by Crippen LogP contribution is -2.28. The number of ether oxygens (including phenoxy) is 1. The number of rotatable bonds is 6. The number of non-ortho nitro benzene ring substituents is 2. The van der Waals surface area contributed by atoms with E-state index in [0.717, 1.165) is 4.57 Å². The molecule has 0 fully saturated rings. The number of esters is 1. The van der Waals surface area contributed by atoms with E-state index in [-0.39, 0.29) is 27.8 Å². The highest BCUT2D eigenvalue weighted by molar-refractivity contribution is 5.92. The fraction of sp³-hybridized carbons (Fsp3) is 0.200. The molecule has 10 heteroatoms. The molecule has 0 aliphatic heterocycles. The molecule has 3 aromatic rings. The molecule has 0 amide bonds. The number of aromatic nitrogens is 1. The molecule has 3 rings (SSSR count). The standard InChI is InChI=1S/C20H17N3O7/c1-12(2)30-19(24)11-21-17-4-3-5-18(23(28)29)16(17)10-15(20(21)25)13-6-8-14(9-7-13)22(26)27/h3-10,12H,11H2,1-2H3. The molecule has 0 bridgehead atoms. The van der Waals surface area contributed by atoms with Crippen molar-refractivity contribution < 1.29 is 19.4 Å². The van der Waals surface area contributed by atoms with E-state index in [1.165, 1.54) is 48.5 Å². The number of nitro groups is 2. The molecule has 154 valence electrons. The number of nitro benzene ring substituents is 2. The Morgan fingerprint density at radius 1 is 1.07 bits per heavy atom. The molecule has 0 unspecified atom stereocenters. The minimum absolute atomic E-state index is 0.0732. The SMILES string of the molecule is CC(C)OC(=O)Cn1c(=O)c(-c2ccc([N+](=O)[O-])cc2)cc2c([N+](=O)[O-])cccc21. The van der Waals surface area contributed by atoms with Crippen LogP contribution in [-0.4, -0.2) is 26.5 Å². The van der Waals surface area contributed by atoms with Gasteiger partial charge in [-0.05, 0) is 43.7 Å². The third-order valence-corrected chi connectivity index (χ3v) is 4.36. The predicted octanol–water partition coefficient (Wildman–Crippen LogP) is 3.44. The van der Waals surface area contributed by atoms with E-state index < -0.39 is 34.0 Å². The van der Waals surface area contributed by atoms with Crippen LogP contribution in [0.2, 0.25) is 0 Å². The van der Waals surface area contributed by atoms with Gasteiger partial charge in [-0.2, -0.15) is 0 Å². The first kappa shape index (κ1) is 20.6. The average Bonchev–Trinajstić information content (AvgIpc) is 2.68. The minimum Gasteiger partial charge on any atom is -0.462 e. The number of carbonyl (C=O) groups is 1. The zero-order chi connectivity index (χ0) is 22.0. The maximum absolute atomic E-state index is 13.2.